The lowest BCUT2D eigenvalue weighted by atomic mass is 10.0. The predicted molar refractivity (Wildman–Crippen MR) is 180 cm³/mol. The van der Waals surface area contributed by atoms with Crippen LogP contribution in [0.5, 0.6) is 0 Å². The van der Waals surface area contributed by atoms with Crippen molar-refractivity contribution in [1.82, 2.24) is 0 Å². The highest BCUT2D eigenvalue weighted by atomic mass is 35.5. The summed E-state index contributed by atoms with van der Waals surface area (Å²) in [6.07, 6.45) is 1.57. The van der Waals surface area contributed by atoms with Gasteiger partial charge in [0.25, 0.3) is 0 Å². The van der Waals surface area contributed by atoms with Gasteiger partial charge in [0, 0.05) is 45.0 Å². The molecule has 0 radical (unpaired) electrons. The van der Waals surface area contributed by atoms with Crippen molar-refractivity contribution in [3.8, 4) is 0 Å². The van der Waals surface area contributed by atoms with Gasteiger partial charge in [0.2, 0.25) is 5.91 Å². The number of nitrogens with zero attached hydrogens (tertiary/aromatic N) is 2. The minimum atomic E-state index is -0.208. The molecule has 1 amide bonds. The van der Waals surface area contributed by atoms with E-state index in [-0.39, 0.29) is 11.7 Å². The van der Waals surface area contributed by atoms with E-state index in [0.29, 0.717) is 17.5 Å². The molecular formula is C37H31ClN2O2S. The zero-order valence-electron chi connectivity index (χ0n) is 23.8. The molecule has 0 spiro atoms. The standard InChI is InChI=1S/C37H31ClN2O2S/c1-27(41)39-36(13-8-26-43-35-24-18-31(38)19-25-35)28-14-20-33(21-15-28)40(32-11-6-3-7-12-32)34-22-16-30(17-23-34)37(42)29-9-4-2-5-10-29/h2-7,9-12,14-25H,8,13,26H2,1H3. The van der Waals surface area contributed by atoms with Gasteiger partial charge in [-0.1, -0.05) is 72.3 Å². The summed E-state index contributed by atoms with van der Waals surface area (Å²) in [5.41, 5.74) is 5.89. The van der Waals surface area contributed by atoms with Crippen LogP contribution < -0.4 is 4.90 Å². The van der Waals surface area contributed by atoms with Crippen molar-refractivity contribution in [2.45, 2.75) is 24.7 Å². The third kappa shape index (κ3) is 8.10. The van der Waals surface area contributed by atoms with Crippen molar-refractivity contribution >= 4 is 57.8 Å². The summed E-state index contributed by atoms with van der Waals surface area (Å²) in [7, 11) is 0. The number of ketones is 1. The van der Waals surface area contributed by atoms with Gasteiger partial charge in [-0.05, 0) is 97.0 Å². The number of para-hydroxylation sites is 1. The monoisotopic (exact) mass is 602 g/mol. The number of anilines is 3. The molecule has 0 aliphatic rings. The second kappa shape index (κ2) is 14.6. The van der Waals surface area contributed by atoms with Crippen molar-refractivity contribution in [3.05, 3.63) is 155 Å². The molecule has 0 atom stereocenters. The molecule has 0 bridgehead atoms. The molecular weight excluding hydrogens is 572 g/mol. The molecule has 0 aliphatic carbocycles. The van der Waals surface area contributed by atoms with E-state index in [0.717, 1.165) is 50.4 Å². The van der Waals surface area contributed by atoms with Crippen molar-refractivity contribution in [2.24, 2.45) is 4.99 Å². The maximum absolute atomic E-state index is 13.0. The average Bonchev–Trinajstić information content (AvgIpc) is 3.04. The zero-order chi connectivity index (χ0) is 30.0. The van der Waals surface area contributed by atoms with Crippen molar-refractivity contribution < 1.29 is 9.59 Å². The number of carbonyl (C=O) groups is 2. The van der Waals surface area contributed by atoms with E-state index in [1.165, 1.54) is 6.92 Å². The maximum atomic E-state index is 13.0. The molecule has 6 heteroatoms. The molecule has 214 valence electrons. The Morgan fingerprint density at radius 3 is 1.74 bits per heavy atom. The minimum absolute atomic E-state index is 0.00776. The van der Waals surface area contributed by atoms with E-state index in [9.17, 15) is 9.59 Å². The lowest BCUT2D eigenvalue weighted by Gasteiger charge is -2.26. The third-order valence-corrected chi connectivity index (χ3v) is 8.18. The fourth-order valence-corrected chi connectivity index (χ4v) is 5.74. The van der Waals surface area contributed by atoms with Gasteiger partial charge >= 0.3 is 0 Å². The molecule has 0 fully saturated rings. The fourth-order valence-electron chi connectivity index (χ4n) is 4.76. The number of hydrogen-bond acceptors (Lipinski definition) is 4. The van der Waals surface area contributed by atoms with Gasteiger partial charge in [-0.3, -0.25) is 9.59 Å². The van der Waals surface area contributed by atoms with Gasteiger partial charge < -0.3 is 4.90 Å². The molecule has 0 saturated heterocycles. The molecule has 0 unspecified atom stereocenters. The minimum Gasteiger partial charge on any atom is -0.311 e. The molecule has 0 aliphatic heterocycles. The second-order valence-electron chi connectivity index (χ2n) is 9.94. The SMILES string of the molecule is CC(=O)N=C(CCCSc1ccc(Cl)cc1)c1ccc(N(c2ccccc2)c2ccc(C(=O)c3ccccc3)cc2)cc1. The molecule has 0 heterocycles. The van der Waals surface area contributed by atoms with Gasteiger partial charge in [-0.25, -0.2) is 4.99 Å². The van der Waals surface area contributed by atoms with E-state index in [1.807, 2.05) is 121 Å². The summed E-state index contributed by atoms with van der Waals surface area (Å²) >= 11 is 7.76. The number of hydrogen-bond donors (Lipinski definition) is 0. The zero-order valence-corrected chi connectivity index (χ0v) is 25.4. The van der Waals surface area contributed by atoms with Gasteiger partial charge in [0.05, 0.1) is 5.71 Å². The Morgan fingerprint density at radius 1 is 0.651 bits per heavy atom. The highest BCUT2D eigenvalue weighted by Crippen LogP contribution is 2.35. The normalized spacial score (nSPS) is 11.3. The van der Waals surface area contributed by atoms with Crippen molar-refractivity contribution in [3.63, 3.8) is 0 Å². The van der Waals surface area contributed by atoms with E-state index < -0.39 is 0 Å². The topological polar surface area (TPSA) is 49.7 Å². The van der Waals surface area contributed by atoms with Gasteiger partial charge in [-0.2, -0.15) is 0 Å². The summed E-state index contributed by atoms with van der Waals surface area (Å²) < 4.78 is 0. The molecule has 5 aromatic rings. The summed E-state index contributed by atoms with van der Waals surface area (Å²) in [6.45, 7) is 1.49. The van der Waals surface area contributed by atoms with Crippen LogP contribution in [0, 0.1) is 0 Å². The molecule has 0 saturated carbocycles. The highest BCUT2D eigenvalue weighted by molar-refractivity contribution is 7.99. The van der Waals surface area contributed by atoms with E-state index in [4.69, 9.17) is 11.6 Å². The van der Waals surface area contributed by atoms with Crippen LogP contribution in [0.15, 0.2) is 143 Å². The number of amides is 1. The first kappa shape index (κ1) is 30.0. The number of aliphatic imine (C=N–C) groups is 1. The highest BCUT2D eigenvalue weighted by Gasteiger charge is 2.15. The average molecular weight is 603 g/mol. The first-order chi connectivity index (χ1) is 21.0. The van der Waals surface area contributed by atoms with Crippen LogP contribution in [0.2, 0.25) is 5.02 Å². The number of rotatable bonds is 11. The second-order valence-corrected chi connectivity index (χ2v) is 11.5. The Morgan fingerprint density at radius 2 is 1.16 bits per heavy atom. The number of benzene rings is 5. The van der Waals surface area contributed by atoms with Crippen LogP contribution in [0.25, 0.3) is 0 Å². The Hall–Kier alpha value is -4.45. The summed E-state index contributed by atoms with van der Waals surface area (Å²) in [5, 5.41) is 0.727. The maximum Gasteiger partial charge on any atom is 0.242 e. The van der Waals surface area contributed by atoms with Gasteiger partial charge in [0.15, 0.2) is 5.78 Å². The number of thioether (sulfide) groups is 1. The number of halogens is 1. The van der Waals surface area contributed by atoms with Crippen LogP contribution in [0.1, 0.15) is 41.3 Å². The smallest absolute Gasteiger partial charge is 0.242 e. The summed E-state index contributed by atoms with van der Waals surface area (Å²) in [4.78, 5) is 32.6. The van der Waals surface area contributed by atoms with Crippen LogP contribution in [0.4, 0.5) is 17.1 Å². The Kier molecular flexibility index (Phi) is 10.2. The van der Waals surface area contributed by atoms with Crippen LogP contribution in [-0.4, -0.2) is 23.2 Å². The van der Waals surface area contributed by atoms with Gasteiger partial charge in [0.1, 0.15) is 0 Å². The lowest BCUT2D eigenvalue weighted by molar-refractivity contribution is -0.115. The molecule has 5 aromatic carbocycles. The van der Waals surface area contributed by atoms with Crippen molar-refractivity contribution in [2.75, 3.05) is 10.7 Å². The first-order valence-electron chi connectivity index (χ1n) is 14.1. The third-order valence-electron chi connectivity index (χ3n) is 6.83. The quantitative estimate of drug-likeness (QED) is 0.0653. The van der Waals surface area contributed by atoms with Crippen LogP contribution >= 0.6 is 23.4 Å². The first-order valence-corrected chi connectivity index (χ1v) is 15.5. The summed E-state index contributed by atoms with van der Waals surface area (Å²) in [6, 6.07) is 43.0. The van der Waals surface area contributed by atoms with E-state index >= 15 is 0 Å². The molecule has 5 rings (SSSR count). The Bertz CT molecular complexity index is 1690. The summed E-state index contributed by atoms with van der Waals surface area (Å²) in [5.74, 6) is 0.688. The number of carbonyl (C=O) groups excluding carboxylic acids is 2. The molecule has 43 heavy (non-hydrogen) atoms. The Labute approximate surface area is 262 Å². The lowest BCUT2D eigenvalue weighted by Crippen LogP contribution is -2.11. The van der Waals surface area contributed by atoms with Gasteiger partial charge in [-0.15, -0.1) is 11.8 Å². The predicted octanol–water partition coefficient (Wildman–Crippen LogP) is 9.95. The molecule has 0 N–H and O–H groups in total. The Balaban J connectivity index is 1.35. The fraction of sp³-hybridized carbons (Fsp3) is 0.108. The van der Waals surface area contributed by atoms with E-state index in [2.05, 4.69) is 22.0 Å². The van der Waals surface area contributed by atoms with Crippen LogP contribution in [-0.2, 0) is 4.79 Å². The van der Waals surface area contributed by atoms with Crippen molar-refractivity contribution in [1.29, 1.82) is 0 Å². The largest absolute Gasteiger partial charge is 0.311 e. The van der Waals surface area contributed by atoms with Crippen LogP contribution in [0.3, 0.4) is 0 Å². The molecule has 4 nitrogen and oxygen atoms in total. The molecule has 0 aromatic heterocycles. The van der Waals surface area contributed by atoms with E-state index in [1.54, 1.807) is 11.8 Å².